The molecule has 0 aliphatic carbocycles. The molecule has 1 rings (SSSR count). The van der Waals surface area contributed by atoms with Crippen LogP contribution in [0.1, 0.15) is 5.56 Å². The Morgan fingerprint density at radius 2 is 2.17 bits per heavy atom. The summed E-state index contributed by atoms with van der Waals surface area (Å²) >= 11 is 5.89. The first-order valence-corrected chi connectivity index (χ1v) is 5.84. The van der Waals surface area contributed by atoms with E-state index in [1.165, 1.54) is 0 Å². The summed E-state index contributed by atoms with van der Waals surface area (Å²) in [5.41, 5.74) is 7.62. The van der Waals surface area contributed by atoms with E-state index >= 15 is 0 Å². The molecule has 0 radical (unpaired) electrons. The van der Waals surface area contributed by atoms with Crippen LogP contribution in [0.3, 0.4) is 0 Å². The number of rotatable bonds is 6. The molecule has 0 saturated carbocycles. The van der Waals surface area contributed by atoms with Crippen molar-refractivity contribution in [3.05, 3.63) is 22.7 Å². The average molecular weight is 273 g/mol. The van der Waals surface area contributed by atoms with Gasteiger partial charge in [-0.2, -0.15) is 0 Å². The summed E-state index contributed by atoms with van der Waals surface area (Å²) in [4.78, 5) is 11.6. The van der Waals surface area contributed by atoms with Crippen LogP contribution in [0.5, 0.6) is 0 Å². The summed E-state index contributed by atoms with van der Waals surface area (Å²) in [6.45, 7) is 2.66. The fourth-order valence-electron chi connectivity index (χ4n) is 1.33. The number of benzene rings is 1. The summed E-state index contributed by atoms with van der Waals surface area (Å²) in [5.74, 6) is -0.241. The van der Waals surface area contributed by atoms with E-state index in [1.54, 1.807) is 19.2 Å². The maximum absolute atomic E-state index is 11.6. The average Bonchev–Trinajstić information content (AvgIpc) is 2.32. The molecule has 100 valence electrons. The molecule has 3 N–H and O–H groups in total. The molecule has 0 aliphatic rings. The third-order valence-electron chi connectivity index (χ3n) is 2.28. The summed E-state index contributed by atoms with van der Waals surface area (Å²) in [7, 11) is 1.57. The van der Waals surface area contributed by atoms with Gasteiger partial charge in [-0.15, -0.1) is 0 Å². The Balaban J connectivity index is 2.51. The standard InChI is InChI=1S/C12H17ClN2O3/c1-8-5-10(14)9(13)6-11(8)15-12(16)7-18-4-3-17-2/h5-6H,3-4,7,14H2,1-2H3,(H,15,16). The third kappa shape index (κ3) is 4.52. The van der Waals surface area contributed by atoms with Gasteiger partial charge in [0.25, 0.3) is 0 Å². The number of carbonyl (C=O) groups is 1. The van der Waals surface area contributed by atoms with Gasteiger partial charge in [-0.25, -0.2) is 0 Å². The largest absolute Gasteiger partial charge is 0.398 e. The highest BCUT2D eigenvalue weighted by Crippen LogP contribution is 2.26. The van der Waals surface area contributed by atoms with E-state index in [0.29, 0.717) is 29.6 Å². The fourth-order valence-corrected chi connectivity index (χ4v) is 1.50. The van der Waals surface area contributed by atoms with Crippen LogP contribution < -0.4 is 11.1 Å². The van der Waals surface area contributed by atoms with Crippen molar-refractivity contribution in [2.45, 2.75) is 6.92 Å². The monoisotopic (exact) mass is 272 g/mol. The predicted octanol–water partition coefficient (Wildman–Crippen LogP) is 1.83. The number of carbonyl (C=O) groups excluding carboxylic acids is 1. The van der Waals surface area contributed by atoms with Crippen LogP contribution in [0.4, 0.5) is 11.4 Å². The maximum Gasteiger partial charge on any atom is 0.250 e. The molecule has 6 heteroatoms. The minimum Gasteiger partial charge on any atom is -0.398 e. The molecule has 0 spiro atoms. The number of amides is 1. The Morgan fingerprint density at radius 3 is 2.83 bits per heavy atom. The van der Waals surface area contributed by atoms with E-state index in [1.807, 2.05) is 6.92 Å². The van der Waals surface area contributed by atoms with Gasteiger partial charge in [0.15, 0.2) is 0 Å². The minimum absolute atomic E-state index is 0.0230. The van der Waals surface area contributed by atoms with Gasteiger partial charge in [0, 0.05) is 12.8 Å². The quantitative estimate of drug-likeness (QED) is 0.612. The molecule has 18 heavy (non-hydrogen) atoms. The van der Waals surface area contributed by atoms with Crippen LogP contribution in [0, 0.1) is 6.92 Å². The normalized spacial score (nSPS) is 10.4. The lowest BCUT2D eigenvalue weighted by Crippen LogP contribution is -2.20. The van der Waals surface area contributed by atoms with Crippen LogP contribution in [0.15, 0.2) is 12.1 Å². The summed E-state index contributed by atoms with van der Waals surface area (Å²) in [6, 6.07) is 3.34. The van der Waals surface area contributed by atoms with Crippen molar-refractivity contribution < 1.29 is 14.3 Å². The van der Waals surface area contributed by atoms with Crippen molar-refractivity contribution in [3.63, 3.8) is 0 Å². The predicted molar refractivity (Wildman–Crippen MR) is 71.9 cm³/mol. The van der Waals surface area contributed by atoms with E-state index in [2.05, 4.69) is 5.32 Å². The van der Waals surface area contributed by atoms with Gasteiger partial charge in [-0.1, -0.05) is 11.6 Å². The lowest BCUT2D eigenvalue weighted by molar-refractivity contribution is -0.121. The van der Waals surface area contributed by atoms with E-state index in [4.69, 9.17) is 26.8 Å². The molecule has 0 aliphatic heterocycles. The molecule has 1 amide bonds. The molecule has 0 saturated heterocycles. The van der Waals surface area contributed by atoms with Crippen LogP contribution in [0.2, 0.25) is 5.02 Å². The molecule has 0 bridgehead atoms. The Labute approximate surface area is 111 Å². The van der Waals surface area contributed by atoms with Gasteiger partial charge in [-0.05, 0) is 24.6 Å². The Kier molecular flexibility index (Phi) is 5.91. The summed E-state index contributed by atoms with van der Waals surface area (Å²) in [5, 5.41) is 3.12. The van der Waals surface area contributed by atoms with Gasteiger partial charge in [0.2, 0.25) is 5.91 Å². The molecule has 0 aromatic heterocycles. The highest BCUT2D eigenvalue weighted by atomic mass is 35.5. The first-order valence-electron chi connectivity index (χ1n) is 5.46. The second-order valence-electron chi connectivity index (χ2n) is 3.78. The van der Waals surface area contributed by atoms with Crippen LogP contribution in [0.25, 0.3) is 0 Å². The Hall–Kier alpha value is -1.30. The summed E-state index contributed by atoms with van der Waals surface area (Å²) in [6.07, 6.45) is 0. The number of nitrogen functional groups attached to an aromatic ring is 1. The number of nitrogens with one attached hydrogen (secondary N) is 1. The second kappa shape index (κ2) is 7.20. The smallest absolute Gasteiger partial charge is 0.250 e. The molecule has 1 aromatic rings. The van der Waals surface area contributed by atoms with E-state index in [0.717, 1.165) is 5.56 Å². The van der Waals surface area contributed by atoms with Gasteiger partial charge in [-0.3, -0.25) is 4.79 Å². The second-order valence-corrected chi connectivity index (χ2v) is 4.19. The highest BCUT2D eigenvalue weighted by molar-refractivity contribution is 6.33. The van der Waals surface area contributed by atoms with E-state index in [-0.39, 0.29) is 12.5 Å². The van der Waals surface area contributed by atoms with Crippen molar-refractivity contribution in [3.8, 4) is 0 Å². The number of methoxy groups -OCH3 is 1. The van der Waals surface area contributed by atoms with E-state index in [9.17, 15) is 4.79 Å². The van der Waals surface area contributed by atoms with Crippen LogP contribution in [-0.4, -0.2) is 32.8 Å². The van der Waals surface area contributed by atoms with Crippen LogP contribution >= 0.6 is 11.6 Å². The van der Waals surface area contributed by atoms with Crippen molar-refractivity contribution >= 4 is 28.9 Å². The fraction of sp³-hybridized carbons (Fsp3) is 0.417. The Bertz CT molecular complexity index is 424. The highest BCUT2D eigenvalue weighted by Gasteiger charge is 2.07. The molecular weight excluding hydrogens is 256 g/mol. The first-order chi connectivity index (χ1) is 8.54. The Morgan fingerprint density at radius 1 is 1.44 bits per heavy atom. The zero-order valence-electron chi connectivity index (χ0n) is 10.5. The van der Waals surface area contributed by atoms with Gasteiger partial charge in [0.1, 0.15) is 6.61 Å². The van der Waals surface area contributed by atoms with Gasteiger partial charge in [0.05, 0.1) is 23.9 Å². The first kappa shape index (κ1) is 14.8. The number of nitrogens with two attached hydrogens (primary N) is 1. The number of hydrogen-bond acceptors (Lipinski definition) is 4. The van der Waals surface area contributed by atoms with Crippen molar-refractivity contribution in [1.29, 1.82) is 0 Å². The molecule has 0 atom stereocenters. The van der Waals surface area contributed by atoms with Crippen molar-refractivity contribution in [2.24, 2.45) is 0 Å². The topological polar surface area (TPSA) is 73.6 Å². The molecule has 0 fully saturated rings. The van der Waals surface area contributed by atoms with E-state index < -0.39 is 0 Å². The lowest BCUT2D eigenvalue weighted by atomic mass is 10.2. The molecule has 0 heterocycles. The third-order valence-corrected chi connectivity index (χ3v) is 2.61. The zero-order chi connectivity index (χ0) is 13.5. The number of hydrogen-bond donors (Lipinski definition) is 2. The molecule has 1 aromatic carbocycles. The number of aryl methyl sites for hydroxylation is 1. The minimum atomic E-state index is -0.241. The van der Waals surface area contributed by atoms with Crippen molar-refractivity contribution in [2.75, 3.05) is 38.0 Å². The van der Waals surface area contributed by atoms with Gasteiger partial charge < -0.3 is 20.5 Å². The van der Waals surface area contributed by atoms with Crippen LogP contribution in [-0.2, 0) is 14.3 Å². The van der Waals surface area contributed by atoms with Gasteiger partial charge >= 0.3 is 0 Å². The number of halogens is 1. The molecule has 0 unspecified atom stereocenters. The number of anilines is 2. The zero-order valence-corrected chi connectivity index (χ0v) is 11.2. The number of ether oxygens (including phenoxy) is 2. The summed E-state index contributed by atoms with van der Waals surface area (Å²) < 4.78 is 9.91. The van der Waals surface area contributed by atoms with Crippen molar-refractivity contribution in [1.82, 2.24) is 0 Å². The maximum atomic E-state index is 11.6. The lowest BCUT2D eigenvalue weighted by Gasteiger charge is -2.10. The SMILES string of the molecule is COCCOCC(=O)Nc1cc(Cl)c(N)cc1C. The molecule has 5 nitrogen and oxygen atoms in total. The molecular formula is C12H17ClN2O3.